The molecule has 64 valence electrons. The third-order valence-electron chi connectivity index (χ3n) is 1.23. The Morgan fingerprint density at radius 1 is 1.17 bits per heavy atom. The fourth-order valence-corrected chi connectivity index (χ4v) is 0.736. The smallest absolute Gasteiger partial charge is 0.207 e. The third kappa shape index (κ3) is 2.08. The first-order chi connectivity index (χ1) is 5.59. The van der Waals surface area contributed by atoms with Crippen LogP contribution in [0.5, 0.6) is 0 Å². The van der Waals surface area contributed by atoms with Crippen LogP contribution in [0.3, 0.4) is 0 Å². The third-order valence-corrected chi connectivity index (χ3v) is 1.23. The topological polar surface area (TPSA) is 0 Å². The van der Waals surface area contributed by atoms with Gasteiger partial charge in [-0.3, -0.25) is 0 Å². The summed E-state index contributed by atoms with van der Waals surface area (Å²) < 4.78 is 48.0. The van der Waals surface area contributed by atoms with E-state index in [9.17, 15) is 17.6 Å². The van der Waals surface area contributed by atoms with Crippen molar-refractivity contribution in [3.63, 3.8) is 0 Å². The largest absolute Gasteiger partial charge is 0.271 e. The second kappa shape index (κ2) is 3.38. The van der Waals surface area contributed by atoms with Gasteiger partial charge in [-0.1, -0.05) is 0 Å². The van der Waals surface area contributed by atoms with Gasteiger partial charge < -0.3 is 0 Å². The van der Waals surface area contributed by atoms with Crippen LogP contribution < -0.4 is 0 Å². The summed E-state index contributed by atoms with van der Waals surface area (Å²) in [6.07, 6.45) is -1.67. The Kier molecular flexibility index (Phi) is 2.47. The van der Waals surface area contributed by atoms with Crippen molar-refractivity contribution in [1.82, 2.24) is 0 Å². The number of benzene rings is 1. The van der Waals surface area contributed by atoms with Crippen molar-refractivity contribution in [2.75, 3.05) is 0 Å². The molecule has 0 aliphatic carbocycles. The molecule has 0 fully saturated rings. The van der Waals surface area contributed by atoms with Crippen LogP contribution in [0, 0.1) is 11.6 Å². The van der Waals surface area contributed by atoms with Crippen LogP contribution in [0.1, 0.15) is 5.56 Å². The molecular formula is C8H4F4. The van der Waals surface area contributed by atoms with E-state index in [1.165, 1.54) is 0 Å². The maximum atomic E-state index is 12.6. The van der Waals surface area contributed by atoms with Gasteiger partial charge >= 0.3 is 0 Å². The molecule has 1 aromatic rings. The van der Waals surface area contributed by atoms with E-state index in [-0.39, 0.29) is 5.56 Å². The summed E-state index contributed by atoms with van der Waals surface area (Å²) in [5, 5.41) is 0. The van der Waals surface area contributed by atoms with E-state index in [1.807, 2.05) is 0 Å². The van der Waals surface area contributed by atoms with Crippen molar-refractivity contribution < 1.29 is 17.6 Å². The van der Waals surface area contributed by atoms with Gasteiger partial charge in [-0.05, 0) is 12.1 Å². The highest BCUT2D eigenvalue weighted by molar-refractivity contribution is 5.50. The molecule has 0 unspecified atom stereocenters. The minimum absolute atomic E-state index is 0.323. The zero-order valence-corrected chi connectivity index (χ0v) is 5.82. The monoisotopic (exact) mass is 176 g/mol. The number of hydrogen-bond donors (Lipinski definition) is 0. The molecule has 0 aliphatic heterocycles. The number of halogens is 4. The van der Waals surface area contributed by atoms with Crippen LogP contribution in [0.2, 0.25) is 0 Å². The first kappa shape index (κ1) is 8.77. The average molecular weight is 176 g/mol. The molecule has 0 heterocycles. The quantitative estimate of drug-likeness (QED) is 0.576. The van der Waals surface area contributed by atoms with E-state index in [4.69, 9.17) is 0 Å². The Morgan fingerprint density at radius 2 is 1.83 bits per heavy atom. The lowest BCUT2D eigenvalue weighted by Gasteiger charge is -1.94. The standard InChI is InChI=1S/C8H4F4/c9-6-2-1-5(3-8(11)12)7(10)4-6/h1-4H. The minimum atomic E-state index is -2.01. The first-order valence-electron chi connectivity index (χ1n) is 3.07. The van der Waals surface area contributed by atoms with Crippen LogP contribution >= 0.6 is 0 Å². The fraction of sp³-hybridized carbons (Fsp3) is 0. The zero-order chi connectivity index (χ0) is 9.14. The van der Waals surface area contributed by atoms with E-state index in [1.54, 1.807) is 0 Å². The van der Waals surface area contributed by atoms with Crippen molar-refractivity contribution in [2.24, 2.45) is 0 Å². The molecule has 12 heavy (non-hydrogen) atoms. The van der Waals surface area contributed by atoms with Crippen molar-refractivity contribution in [1.29, 1.82) is 0 Å². The molecule has 4 heteroatoms. The molecule has 0 radical (unpaired) electrons. The molecule has 0 amide bonds. The second-order valence-corrected chi connectivity index (χ2v) is 2.10. The molecule has 1 aromatic carbocycles. The van der Waals surface area contributed by atoms with Gasteiger partial charge in [-0.25, -0.2) is 8.78 Å². The predicted octanol–water partition coefficient (Wildman–Crippen LogP) is 3.20. The van der Waals surface area contributed by atoms with Gasteiger partial charge in [0.15, 0.2) is 0 Å². The number of hydrogen-bond acceptors (Lipinski definition) is 0. The Hall–Kier alpha value is -1.32. The van der Waals surface area contributed by atoms with E-state index in [0.717, 1.165) is 12.1 Å². The maximum Gasteiger partial charge on any atom is 0.271 e. The van der Waals surface area contributed by atoms with Crippen LogP contribution in [-0.4, -0.2) is 0 Å². The van der Waals surface area contributed by atoms with Crippen LogP contribution in [0.15, 0.2) is 24.3 Å². The lowest BCUT2D eigenvalue weighted by molar-refractivity contribution is 0.428. The summed E-state index contributed by atoms with van der Waals surface area (Å²) in [7, 11) is 0. The van der Waals surface area contributed by atoms with Gasteiger partial charge in [0.05, 0.1) is 0 Å². The molecule has 0 nitrogen and oxygen atoms in total. The molecule has 0 saturated carbocycles. The van der Waals surface area contributed by atoms with E-state index in [2.05, 4.69) is 0 Å². The highest BCUT2D eigenvalue weighted by atomic mass is 19.3. The lowest BCUT2D eigenvalue weighted by Crippen LogP contribution is -1.83. The summed E-state index contributed by atoms with van der Waals surface area (Å²) in [4.78, 5) is 0. The van der Waals surface area contributed by atoms with E-state index in [0.29, 0.717) is 12.1 Å². The molecule has 0 saturated heterocycles. The second-order valence-electron chi connectivity index (χ2n) is 2.10. The fourth-order valence-electron chi connectivity index (χ4n) is 0.736. The van der Waals surface area contributed by atoms with Crippen LogP contribution in [-0.2, 0) is 0 Å². The Labute approximate surface area is 66.1 Å². The minimum Gasteiger partial charge on any atom is -0.207 e. The number of rotatable bonds is 1. The molecule has 0 bridgehead atoms. The molecule has 1 rings (SSSR count). The van der Waals surface area contributed by atoms with Crippen molar-refractivity contribution in [3.05, 3.63) is 41.5 Å². The normalized spacial score (nSPS) is 9.67. The first-order valence-corrected chi connectivity index (χ1v) is 3.07. The summed E-state index contributed by atoms with van der Waals surface area (Å²) in [6.45, 7) is 0. The predicted molar refractivity (Wildman–Crippen MR) is 36.6 cm³/mol. The van der Waals surface area contributed by atoms with E-state index < -0.39 is 17.7 Å². The van der Waals surface area contributed by atoms with E-state index >= 15 is 0 Å². The summed E-state index contributed by atoms with van der Waals surface area (Å²) in [6, 6.07) is 2.41. The van der Waals surface area contributed by atoms with Crippen LogP contribution in [0.25, 0.3) is 6.08 Å². The van der Waals surface area contributed by atoms with Crippen LogP contribution in [0.4, 0.5) is 17.6 Å². The van der Waals surface area contributed by atoms with Crippen molar-refractivity contribution >= 4 is 6.08 Å². The van der Waals surface area contributed by atoms with Gasteiger partial charge in [0.1, 0.15) is 11.6 Å². The van der Waals surface area contributed by atoms with Gasteiger partial charge in [0.25, 0.3) is 6.08 Å². The Bertz CT molecular complexity index is 313. The van der Waals surface area contributed by atoms with Gasteiger partial charge in [-0.15, -0.1) is 0 Å². The van der Waals surface area contributed by atoms with Gasteiger partial charge in [0.2, 0.25) is 0 Å². The lowest BCUT2D eigenvalue weighted by atomic mass is 10.2. The molecule has 0 N–H and O–H groups in total. The summed E-state index contributed by atoms with van der Waals surface area (Å²) in [5.41, 5.74) is -0.323. The highest BCUT2D eigenvalue weighted by Gasteiger charge is 2.01. The molecule has 0 aromatic heterocycles. The Balaban J connectivity index is 3.10. The zero-order valence-electron chi connectivity index (χ0n) is 5.82. The maximum absolute atomic E-state index is 12.6. The van der Waals surface area contributed by atoms with Gasteiger partial charge in [0, 0.05) is 17.7 Å². The molecule has 0 aliphatic rings. The summed E-state index contributed by atoms with van der Waals surface area (Å²) >= 11 is 0. The molecular weight excluding hydrogens is 172 g/mol. The Morgan fingerprint density at radius 3 is 2.33 bits per heavy atom. The van der Waals surface area contributed by atoms with Gasteiger partial charge in [-0.2, -0.15) is 8.78 Å². The molecule has 0 atom stereocenters. The summed E-state index contributed by atoms with van der Waals surface area (Å²) in [5.74, 6) is -1.79. The van der Waals surface area contributed by atoms with Crippen molar-refractivity contribution in [2.45, 2.75) is 0 Å². The molecule has 0 spiro atoms. The SMILES string of the molecule is FC(F)=Cc1ccc(F)cc1F. The highest BCUT2D eigenvalue weighted by Crippen LogP contribution is 2.14. The van der Waals surface area contributed by atoms with Crippen molar-refractivity contribution in [3.8, 4) is 0 Å². The average Bonchev–Trinajstić information content (AvgIpc) is 1.94.